The van der Waals surface area contributed by atoms with E-state index in [1.807, 2.05) is 13.0 Å². The Kier molecular flexibility index (Phi) is 4.40. The maximum Gasteiger partial charge on any atom is 0.204 e. The van der Waals surface area contributed by atoms with Crippen LogP contribution in [0.5, 0.6) is 5.75 Å². The number of nitrogens with zero attached hydrogens (tertiary/aromatic N) is 1. The molecule has 0 saturated carbocycles. The summed E-state index contributed by atoms with van der Waals surface area (Å²) in [4.78, 5) is 28.1. The van der Waals surface area contributed by atoms with E-state index in [1.165, 1.54) is 12.3 Å². The third-order valence-electron chi connectivity index (χ3n) is 3.95. The van der Waals surface area contributed by atoms with Crippen molar-refractivity contribution in [3.8, 4) is 11.8 Å². The lowest BCUT2D eigenvalue weighted by molar-refractivity contribution is 0.0842. The van der Waals surface area contributed by atoms with E-state index in [0.717, 1.165) is 5.39 Å². The van der Waals surface area contributed by atoms with Gasteiger partial charge in [0.15, 0.2) is 11.7 Å². The van der Waals surface area contributed by atoms with Crippen LogP contribution in [0.3, 0.4) is 0 Å². The minimum Gasteiger partial charge on any atom is -0.494 e. The molecule has 1 atom stereocenters. The fraction of sp³-hybridized carbons (Fsp3) is 0.211. The van der Waals surface area contributed by atoms with Crippen LogP contribution in [-0.2, 0) is 0 Å². The zero-order valence-electron chi connectivity index (χ0n) is 13.8. The zero-order chi connectivity index (χ0) is 18.0. The Labute approximate surface area is 144 Å². The Morgan fingerprint density at radius 3 is 2.72 bits per heavy atom. The second-order valence-corrected chi connectivity index (χ2v) is 5.55. The molecule has 0 aliphatic carbocycles. The van der Waals surface area contributed by atoms with Gasteiger partial charge in [-0.25, -0.2) is 0 Å². The van der Waals surface area contributed by atoms with Gasteiger partial charge in [0.25, 0.3) is 0 Å². The van der Waals surface area contributed by atoms with Gasteiger partial charge in [-0.2, -0.15) is 5.26 Å². The van der Waals surface area contributed by atoms with Crippen molar-refractivity contribution in [1.29, 1.82) is 5.26 Å². The van der Waals surface area contributed by atoms with Crippen LogP contribution in [0.4, 0.5) is 0 Å². The number of aromatic amines is 1. The minimum atomic E-state index is -1.42. The van der Waals surface area contributed by atoms with Gasteiger partial charge in [-0.15, -0.1) is 0 Å². The van der Waals surface area contributed by atoms with Crippen molar-refractivity contribution in [1.82, 2.24) is 4.98 Å². The lowest BCUT2D eigenvalue weighted by Gasteiger charge is -2.05. The van der Waals surface area contributed by atoms with Crippen molar-refractivity contribution < 1.29 is 18.7 Å². The number of nitriles is 1. The van der Waals surface area contributed by atoms with E-state index >= 15 is 0 Å². The first-order valence-corrected chi connectivity index (χ1v) is 7.83. The Morgan fingerprint density at radius 2 is 2.08 bits per heavy atom. The molecule has 1 unspecified atom stereocenters. The molecular weight excluding hydrogens is 320 g/mol. The molecule has 126 valence electrons. The Balaban J connectivity index is 1.93. The van der Waals surface area contributed by atoms with Crippen LogP contribution in [0.1, 0.15) is 33.5 Å². The number of carbonyl (C=O) groups is 2. The second kappa shape index (κ2) is 6.65. The number of hydrogen-bond acceptors (Lipinski definition) is 5. The highest BCUT2D eigenvalue weighted by atomic mass is 16.5. The molecule has 2 aromatic heterocycles. The smallest absolute Gasteiger partial charge is 0.204 e. The molecule has 2 heterocycles. The minimum absolute atomic E-state index is 0.213. The molecule has 0 saturated heterocycles. The van der Waals surface area contributed by atoms with Crippen molar-refractivity contribution in [3.05, 3.63) is 53.6 Å². The number of aromatic nitrogens is 1. The first-order valence-electron chi connectivity index (χ1n) is 7.83. The van der Waals surface area contributed by atoms with Gasteiger partial charge in [0, 0.05) is 17.0 Å². The van der Waals surface area contributed by atoms with E-state index in [1.54, 1.807) is 31.2 Å². The van der Waals surface area contributed by atoms with E-state index < -0.39 is 17.5 Å². The largest absolute Gasteiger partial charge is 0.494 e. The van der Waals surface area contributed by atoms with E-state index in [-0.39, 0.29) is 11.3 Å². The number of ether oxygens (including phenoxy) is 1. The number of Topliss-reactive ketones (excluding diaryl/α,β-unsaturated/α-hetero) is 2. The van der Waals surface area contributed by atoms with Crippen LogP contribution in [-0.4, -0.2) is 23.2 Å². The fourth-order valence-electron chi connectivity index (χ4n) is 2.68. The van der Waals surface area contributed by atoms with Gasteiger partial charge < -0.3 is 14.1 Å². The molecular formula is C19H16N2O4. The van der Waals surface area contributed by atoms with Gasteiger partial charge in [0.2, 0.25) is 5.78 Å². The van der Waals surface area contributed by atoms with Crippen LogP contribution in [0.15, 0.2) is 41.0 Å². The molecule has 0 aliphatic heterocycles. The first-order chi connectivity index (χ1) is 12.0. The highest BCUT2D eigenvalue weighted by Crippen LogP contribution is 2.24. The van der Waals surface area contributed by atoms with Crippen molar-refractivity contribution in [2.75, 3.05) is 6.61 Å². The maximum atomic E-state index is 12.7. The summed E-state index contributed by atoms with van der Waals surface area (Å²) >= 11 is 0. The van der Waals surface area contributed by atoms with Crippen LogP contribution < -0.4 is 4.74 Å². The standard InChI is InChI=1S/C19H16N2O4/c1-3-24-13-5-4-12-8-17(21-16(12)9-13)19(23)15(10-20)18(22)14-6-7-25-11(14)2/h4-9,15,21H,3H2,1-2H3. The van der Waals surface area contributed by atoms with Crippen molar-refractivity contribution in [2.24, 2.45) is 5.92 Å². The maximum absolute atomic E-state index is 12.7. The number of ketones is 2. The number of H-pyrrole nitrogens is 1. The Bertz CT molecular complexity index is 990. The molecule has 25 heavy (non-hydrogen) atoms. The molecule has 3 rings (SSSR count). The molecule has 6 nitrogen and oxygen atoms in total. The number of furan rings is 1. The number of aryl methyl sites for hydroxylation is 1. The lowest BCUT2D eigenvalue weighted by atomic mass is 9.93. The number of nitrogens with one attached hydrogen (secondary N) is 1. The molecule has 6 heteroatoms. The van der Waals surface area contributed by atoms with Gasteiger partial charge in [0.1, 0.15) is 11.5 Å². The summed E-state index contributed by atoms with van der Waals surface area (Å²) in [7, 11) is 0. The van der Waals surface area contributed by atoms with E-state index in [9.17, 15) is 14.9 Å². The monoisotopic (exact) mass is 336 g/mol. The number of carbonyl (C=O) groups excluding carboxylic acids is 2. The Morgan fingerprint density at radius 1 is 1.28 bits per heavy atom. The highest BCUT2D eigenvalue weighted by Gasteiger charge is 2.31. The number of hydrogen-bond donors (Lipinski definition) is 1. The summed E-state index contributed by atoms with van der Waals surface area (Å²) in [6.07, 6.45) is 1.36. The second-order valence-electron chi connectivity index (χ2n) is 5.55. The van der Waals surface area contributed by atoms with E-state index in [2.05, 4.69) is 4.98 Å². The van der Waals surface area contributed by atoms with E-state index in [0.29, 0.717) is 23.6 Å². The van der Waals surface area contributed by atoms with Crippen LogP contribution >= 0.6 is 0 Å². The molecule has 0 spiro atoms. The van der Waals surface area contributed by atoms with Crippen LogP contribution in [0.2, 0.25) is 0 Å². The van der Waals surface area contributed by atoms with Gasteiger partial charge in [0.05, 0.1) is 30.2 Å². The fourth-order valence-corrected chi connectivity index (χ4v) is 2.68. The summed E-state index contributed by atoms with van der Waals surface area (Å²) in [6.45, 7) is 4.03. The summed E-state index contributed by atoms with van der Waals surface area (Å²) in [6, 6.07) is 10.3. The number of fused-ring (bicyclic) bond motifs is 1. The SMILES string of the molecule is CCOc1ccc2cc(C(=O)C(C#N)C(=O)c3ccoc3C)[nH]c2c1. The molecule has 0 amide bonds. The third-order valence-corrected chi connectivity index (χ3v) is 3.95. The summed E-state index contributed by atoms with van der Waals surface area (Å²) < 4.78 is 10.5. The molecule has 0 fully saturated rings. The van der Waals surface area contributed by atoms with Gasteiger partial charge in [-0.1, -0.05) is 0 Å². The predicted molar refractivity (Wildman–Crippen MR) is 90.7 cm³/mol. The number of benzene rings is 1. The Hall–Kier alpha value is -3.33. The average molecular weight is 336 g/mol. The molecule has 0 bridgehead atoms. The molecule has 1 N–H and O–H groups in total. The topological polar surface area (TPSA) is 96.1 Å². The van der Waals surface area contributed by atoms with Crippen molar-refractivity contribution in [3.63, 3.8) is 0 Å². The lowest BCUT2D eigenvalue weighted by Crippen LogP contribution is -2.23. The number of rotatable bonds is 6. The molecule has 1 aromatic carbocycles. The zero-order valence-corrected chi connectivity index (χ0v) is 13.8. The third kappa shape index (κ3) is 3.04. The average Bonchev–Trinajstić information content (AvgIpc) is 3.21. The molecule has 3 aromatic rings. The van der Waals surface area contributed by atoms with Gasteiger partial charge in [-0.05, 0) is 38.1 Å². The van der Waals surface area contributed by atoms with Gasteiger partial charge >= 0.3 is 0 Å². The van der Waals surface area contributed by atoms with Crippen LogP contribution in [0, 0.1) is 24.2 Å². The van der Waals surface area contributed by atoms with Crippen molar-refractivity contribution >= 4 is 22.5 Å². The molecule has 0 aliphatic rings. The summed E-state index contributed by atoms with van der Waals surface area (Å²) in [5, 5.41) is 10.2. The summed E-state index contributed by atoms with van der Waals surface area (Å²) in [5.74, 6) is -1.49. The highest BCUT2D eigenvalue weighted by molar-refractivity contribution is 6.18. The molecule has 0 radical (unpaired) electrons. The predicted octanol–water partition coefficient (Wildman–Crippen LogP) is 3.67. The normalized spacial score (nSPS) is 11.9. The first kappa shape index (κ1) is 16.5. The van der Waals surface area contributed by atoms with Gasteiger partial charge in [-0.3, -0.25) is 9.59 Å². The quantitative estimate of drug-likeness (QED) is 0.547. The van der Waals surface area contributed by atoms with E-state index in [4.69, 9.17) is 9.15 Å². The van der Waals surface area contributed by atoms with Crippen molar-refractivity contribution in [2.45, 2.75) is 13.8 Å². The van der Waals surface area contributed by atoms with Crippen LogP contribution in [0.25, 0.3) is 10.9 Å². The summed E-state index contributed by atoms with van der Waals surface area (Å²) in [5.41, 5.74) is 1.16.